The summed E-state index contributed by atoms with van der Waals surface area (Å²) in [5.41, 5.74) is 3.58. The van der Waals surface area contributed by atoms with E-state index in [0.29, 0.717) is 0 Å². The maximum atomic E-state index is 4.49. The maximum Gasteiger partial charge on any atom is 0.0767 e. The molecule has 0 saturated carbocycles. The molecule has 0 spiro atoms. The van der Waals surface area contributed by atoms with Crippen LogP contribution in [0, 0.1) is 0 Å². The first-order valence-corrected chi connectivity index (χ1v) is 7.85. The minimum atomic E-state index is 0.806. The van der Waals surface area contributed by atoms with Crippen LogP contribution in [0.15, 0.2) is 33.2 Å². The van der Waals surface area contributed by atoms with Crippen LogP contribution in [0.3, 0.4) is 0 Å². The lowest BCUT2D eigenvalue weighted by Gasteiger charge is -2.06. The summed E-state index contributed by atoms with van der Waals surface area (Å²) in [6.07, 6.45) is 0.946. The highest BCUT2D eigenvalue weighted by Crippen LogP contribution is 2.21. The Labute approximate surface area is 130 Å². The highest BCUT2D eigenvalue weighted by atomic mass is 79.9. The second-order valence-electron chi connectivity index (χ2n) is 4.41. The molecule has 0 fully saturated rings. The third kappa shape index (κ3) is 3.68. The normalized spacial score (nSPS) is 10.9. The number of aromatic nitrogens is 2. The molecule has 1 aromatic heterocycles. The molecule has 0 amide bonds. The summed E-state index contributed by atoms with van der Waals surface area (Å²) < 4.78 is 4.18. The Morgan fingerprint density at radius 3 is 2.42 bits per heavy atom. The fraction of sp³-hybridized carbons (Fsp3) is 0.357. The Kier molecular flexibility index (Phi) is 5.19. The molecule has 5 heteroatoms. The fourth-order valence-electron chi connectivity index (χ4n) is 1.94. The van der Waals surface area contributed by atoms with Gasteiger partial charge in [-0.1, -0.05) is 35.0 Å². The van der Waals surface area contributed by atoms with Gasteiger partial charge in [0.2, 0.25) is 0 Å². The molecule has 1 N–H and O–H groups in total. The van der Waals surface area contributed by atoms with Gasteiger partial charge in [-0.25, -0.2) is 0 Å². The fourth-order valence-corrected chi connectivity index (χ4v) is 2.96. The summed E-state index contributed by atoms with van der Waals surface area (Å²) in [5.74, 6) is 0. The Morgan fingerprint density at radius 2 is 1.84 bits per heavy atom. The van der Waals surface area contributed by atoms with E-state index in [-0.39, 0.29) is 0 Å². The van der Waals surface area contributed by atoms with Crippen LogP contribution in [-0.4, -0.2) is 9.78 Å². The van der Waals surface area contributed by atoms with E-state index in [2.05, 4.69) is 73.5 Å². The van der Waals surface area contributed by atoms with Crippen molar-refractivity contribution in [3.63, 3.8) is 0 Å². The number of nitrogens with one attached hydrogen (secondary N) is 1. The topological polar surface area (TPSA) is 29.9 Å². The van der Waals surface area contributed by atoms with Crippen LogP contribution >= 0.6 is 31.9 Å². The number of nitrogens with zero attached hydrogens (tertiary/aromatic N) is 2. The van der Waals surface area contributed by atoms with Gasteiger partial charge in [0.1, 0.15) is 0 Å². The molecule has 2 aromatic rings. The molecule has 0 aliphatic carbocycles. The smallest absolute Gasteiger partial charge is 0.0767 e. The highest BCUT2D eigenvalue weighted by molar-refractivity contribution is 9.10. The summed E-state index contributed by atoms with van der Waals surface area (Å²) >= 11 is 7.07. The van der Waals surface area contributed by atoms with Gasteiger partial charge in [-0.15, -0.1) is 0 Å². The Hall–Kier alpha value is -0.650. The average molecular weight is 387 g/mol. The van der Waals surface area contributed by atoms with E-state index in [1.165, 1.54) is 11.3 Å². The monoisotopic (exact) mass is 385 g/mol. The van der Waals surface area contributed by atoms with E-state index in [1.807, 2.05) is 11.7 Å². The van der Waals surface area contributed by atoms with Crippen molar-refractivity contribution < 1.29 is 0 Å². The first-order chi connectivity index (χ1) is 9.11. The molecule has 0 unspecified atom stereocenters. The van der Waals surface area contributed by atoms with E-state index < -0.39 is 0 Å². The van der Waals surface area contributed by atoms with Crippen LogP contribution in [0.2, 0.25) is 0 Å². The molecule has 0 atom stereocenters. The van der Waals surface area contributed by atoms with Crippen molar-refractivity contribution in [3.8, 4) is 0 Å². The maximum absolute atomic E-state index is 4.49. The van der Waals surface area contributed by atoms with E-state index in [1.54, 1.807) is 0 Å². The third-order valence-electron chi connectivity index (χ3n) is 3.04. The zero-order valence-electron chi connectivity index (χ0n) is 11.1. The molecular weight excluding hydrogens is 370 g/mol. The minimum absolute atomic E-state index is 0.806. The summed E-state index contributed by atoms with van der Waals surface area (Å²) in [5, 5.41) is 7.94. The lowest BCUT2D eigenvalue weighted by Crippen LogP contribution is -2.15. The van der Waals surface area contributed by atoms with Crippen molar-refractivity contribution in [1.82, 2.24) is 15.1 Å². The summed E-state index contributed by atoms with van der Waals surface area (Å²) in [6, 6.07) is 8.36. The lowest BCUT2D eigenvalue weighted by atomic mass is 10.2. The Balaban J connectivity index is 1.96. The molecule has 2 rings (SSSR count). The lowest BCUT2D eigenvalue weighted by molar-refractivity contribution is 0.622. The van der Waals surface area contributed by atoms with Crippen LogP contribution < -0.4 is 5.32 Å². The summed E-state index contributed by atoms with van der Waals surface area (Å²) in [7, 11) is 1.99. The van der Waals surface area contributed by atoms with Crippen molar-refractivity contribution in [3.05, 3.63) is 50.2 Å². The van der Waals surface area contributed by atoms with E-state index in [4.69, 9.17) is 0 Å². The van der Waals surface area contributed by atoms with Crippen molar-refractivity contribution in [2.45, 2.75) is 26.4 Å². The molecule has 3 nitrogen and oxygen atoms in total. The van der Waals surface area contributed by atoms with Gasteiger partial charge in [-0.2, -0.15) is 5.10 Å². The SMILES string of the molecule is CCc1nn(C)c(CNCc2ccc(Br)cc2)c1Br. The average Bonchev–Trinajstić information content (AvgIpc) is 2.68. The minimum Gasteiger partial charge on any atom is -0.307 e. The largest absolute Gasteiger partial charge is 0.307 e. The Morgan fingerprint density at radius 1 is 1.16 bits per heavy atom. The molecule has 0 saturated heterocycles. The molecule has 19 heavy (non-hydrogen) atoms. The van der Waals surface area contributed by atoms with Crippen LogP contribution in [0.1, 0.15) is 23.9 Å². The van der Waals surface area contributed by atoms with Gasteiger partial charge in [0.05, 0.1) is 15.9 Å². The number of hydrogen-bond acceptors (Lipinski definition) is 2. The van der Waals surface area contributed by atoms with Gasteiger partial charge in [0, 0.05) is 24.6 Å². The van der Waals surface area contributed by atoms with Crippen LogP contribution in [-0.2, 0) is 26.6 Å². The van der Waals surface area contributed by atoms with Crippen LogP contribution in [0.4, 0.5) is 0 Å². The van der Waals surface area contributed by atoms with Crippen molar-refractivity contribution >= 4 is 31.9 Å². The molecule has 0 aliphatic heterocycles. The number of hydrogen-bond donors (Lipinski definition) is 1. The highest BCUT2D eigenvalue weighted by Gasteiger charge is 2.11. The van der Waals surface area contributed by atoms with Crippen LogP contribution in [0.25, 0.3) is 0 Å². The Bertz CT molecular complexity index is 547. The van der Waals surface area contributed by atoms with Crippen molar-refractivity contribution in [2.75, 3.05) is 0 Å². The molecular formula is C14H17Br2N3. The second kappa shape index (κ2) is 6.68. The predicted molar refractivity (Wildman–Crippen MR) is 85.0 cm³/mol. The van der Waals surface area contributed by atoms with Crippen LogP contribution in [0.5, 0.6) is 0 Å². The third-order valence-corrected chi connectivity index (χ3v) is 4.48. The van der Waals surface area contributed by atoms with Gasteiger partial charge in [0.15, 0.2) is 0 Å². The van der Waals surface area contributed by atoms with Gasteiger partial charge < -0.3 is 5.32 Å². The number of halogens is 2. The molecule has 0 radical (unpaired) electrons. The zero-order valence-corrected chi connectivity index (χ0v) is 14.3. The number of aryl methyl sites for hydroxylation is 2. The van der Waals surface area contributed by atoms with E-state index in [9.17, 15) is 0 Å². The molecule has 102 valence electrons. The molecule has 1 heterocycles. The molecule has 0 aliphatic rings. The van der Waals surface area contributed by atoms with Gasteiger partial charge in [-0.3, -0.25) is 4.68 Å². The molecule has 0 bridgehead atoms. The summed E-state index contributed by atoms with van der Waals surface area (Å²) in [4.78, 5) is 0. The van der Waals surface area contributed by atoms with Gasteiger partial charge in [-0.05, 0) is 40.0 Å². The van der Waals surface area contributed by atoms with Crippen molar-refractivity contribution in [2.24, 2.45) is 7.05 Å². The first-order valence-electron chi connectivity index (χ1n) is 6.27. The van der Waals surface area contributed by atoms with Gasteiger partial charge in [0.25, 0.3) is 0 Å². The van der Waals surface area contributed by atoms with E-state index >= 15 is 0 Å². The quantitative estimate of drug-likeness (QED) is 0.846. The molecule has 1 aromatic carbocycles. The second-order valence-corrected chi connectivity index (χ2v) is 6.12. The standard InChI is InChI=1S/C14H17Br2N3/c1-3-12-14(16)13(19(2)18-12)9-17-8-10-4-6-11(15)7-5-10/h4-7,17H,3,8-9H2,1-2H3. The number of rotatable bonds is 5. The predicted octanol–water partition coefficient (Wildman–Crippen LogP) is 3.80. The van der Waals surface area contributed by atoms with Crippen molar-refractivity contribution in [1.29, 1.82) is 0 Å². The number of benzene rings is 1. The summed E-state index contributed by atoms with van der Waals surface area (Å²) in [6.45, 7) is 3.78. The van der Waals surface area contributed by atoms with E-state index in [0.717, 1.165) is 34.1 Å². The first kappa shape index (κ1) is 14.8. The van der Waals surface area contributed by atoms with Gasteiger partial charge >= 0.3 is 0 Å². The zero-order chi connectivity index (χ0) is 13.8.